The Bertz CT molecular complexity index is 1170. The lowest BCUT2D eigenvalue weighted by Crippen LogP contribution is -2.36. The Kier molecular flexibility index (Phi) is 5.94. The summed E-state index contributed by atoms with van der Waals surface area (Å²) in [5, 5.41) is 22.4. The molecule has 2 N–H and O–H groups in total. The van der Waals surface area contributed by atoms with Gasteiger partial charge in [-0.3, -0.25) is 9.36 Å². The summed E-state index contributed by atoms with van der Waals surface area (Å²) >= 11 is 1.73. The molecule has 1 aromatic carbocycles. The Hall–Kier alpha value is -3.11. The van der Waals surface area contributed by atoms with Crippen LogP contribution in [0.2, 0.25) is 0 Å². The molecule has 1 amide bonds. The molecule has 10 heteroatoms. The Balaban J connectivity index is 1.59. The SMILES string of the molecule is CC(C)NC(=O)c1nnc(-c2ccc3c(c2O)CCS3)n1-c1ccc(N2CCOCC2)nc1. The maximum atomic E-state index is 12.9. The molecule has 33 heavy (non-hydrogen) atoms. The maximum Gasteiger partial charge on any atom is 0.289 e. The van der Waals surface area contributed by atoms with E-state index >= 15 is 0 Å². The minimum atomic E-state index is -0.336. The molecule has 9 nitrogen and oxygen atoms in total. The fourth-order valence-corrected chi connectivity index (χ4v) is 5.17. The second-order valence-electron chi connectivity index (χ2n) is 8.32. The lowest BCUT2D eigenvalue weighted by Gasteiger charge is -2.27. The van der Waals surface area contributed by atoms with Crippen molar-refractivity contribution in [2.75, 3.05) is 37.0 Å². The Morgan fingerprint density at radius 1 is 1.18 bits per heavy atom. The molecule has 172 valence electrons. The van der Waals surface area contributed by atoms with Gasteiger partial charge in [-0.25, -0.2) is 4.98 Å². The van der Waals surface area contributed by atoms with Crippen molar-refractivity contribution in [1.82, 2.24) is 25.1 Å². The normalized spacial score (nSPS) is 15.7. The smallest absolute Gasteiger partial charge is 0.289 e. The highest BCUT2D eigenvalue weighted by Crippen LogP contribution is 2.42. The van der Waals surface area contributed by atoms with E-state index in [1.165, 1.54) is 0 Å². The first-order chi connectivity index (χ1) is 16.0. The van der Waals surface area contributed by atoms with E-state index in [9.17, 15) is 9.90 Å². The van der Waals surface area contributed by atoms with Crippen molar-refractivity contribution in [2.24, 2.45) is 0 Å². The van der Waals surface area contributed by atoms with E-state index in [1.807, 2.05) is 38.1 Å². The zero-order valence-corrected chi connectivity index (χ0v) is 19.4. The van der Waals surface area contributed by atoms with Crippen LogP contribution in [-0.2, 0) is 11.2 Å². The number of amides is 1. The summed E-state index contributed by atoms with van der Waals surface area (Å²) in [5.41, 5.74) is 2.11. The van der Waals surface area contributed by atoms with Gasteiger partial charge >= 0.3 is 0 Å². The number of carbonyl (C=O) groups is 1. The summed E-state index contributed by atoms with van der Waals surface area (Å²) in [6.07, 6.45) is 2.51. The molecule has 2 aliphatic rings. The number of hydrogen-bond donors (Lipinski definition) is 2. The Morgan fingerprint density at radius 3 is 2.73 bits per heavy atom. The molecule has 0 unspecified atom stereocenters. The van der Waals surface area contributed by atoms with Crippen LogP contribution in [0.25, 0.3) is 17.1 Å². The highest BCUT2D eigenvalue weighted by Gasteiger charge is 2.26. The third kappa shape index (κ3) is 4.16. The van der Waals surface area contributed by atoms with Gasteiger partial charge in [0.2, 0.25) is 5.82 Å². The number of benzene rings is 1. The number of thioether (sulfide) groups is 1. The van der Waals surface area contributed by atoms with Crippen LogP contribution >= 0.6 is 11.8 Å². The summed E-state index contributed by atoms with van der Waals surface area (Å²) in [6, 6.07) is 7.60. The molecule has 0 bridgehead atoms. The number of carbonyl (C=O) groups excluding carboxylic acids is 1. The molecular weight excluding hydrogens is 440 g/mol. The first kappa shape index (κ1) is 21.7. The van der Waals surface area contributed by atoms with Gasteiger partial charge in [0.25, 0.3) is 5.91 Å². The van der Waals surface area contributed by atoms with E-state index in [0.29, 0.717) is 30.3 Å². The van der Waals surface area contributed by atoms with Crippen molar-refractivity contribution in [2.45, 2.75) is 31.2 Å². The number of phenols is 1. The highest BCUT2D eigenvalue weighted by atomic mass is 32.2. The molecule has 1 saturated heterocycles. The van der Waals surface area contributed by atoms with Crippen LogP contribution in [-0.4, -0.2) is 68.9 Å². The number of morpholine rings is 1. The van der Waals surface area contributed by atoms with Crippen LogP contribution in [0, 0.1) is 0 Å². The quantitative estimate of drug-likeness (QED) is 0.591. The third-order valence-electron chi connectivity index (χ3n) is 5.70. The number of anilines is 1. The predicted octanol–water partition coefficient (Wildman–Crippen LogP) is 2.66. The van der Waals surface area contributed by atoms with Crippen molar-refractivity contribution in [3.05, 3.63) is 41.9 Å². The number of phenolic OH excluding ortho intramolecular Hbond substituents is 1. The zero-order chi connectivity index (χ0) is 22.9. The summed E-state index contributed by atoms with van der Waals surface area (Å²) in [7, 11) is 0. The molecule has 0 aliphatic carbocycles. The monoisotopic (exact) mass is 466 g/mol. The van der Waals surface area contributed by atoms with Gasteiger partial charge in [-0.1, -0.05) is 0 Å². The predicted molar refractivity (Wildman–Crippen MR) is 126 cm³/mol. The van der Waals surface area contributed by atoms with Crippen LogP contribution in [0.15, 0.2) is 35.4 Å². The van der Waals surface area contributed by atoms with E-state index in [0.717, 1.165) is 41.5 Å². The van der Waals surface area contributed by atoms with E-state index in [-0.39, 0.29) is 23.5 Å². The van der Waals surface area contributed by atoms with E-state index < -0.39 is 0 Å². The molecule has 0 spiro atoms. The van der Waals surface area contributed by atoms with Crippen molar-refractivity contribution >= 4 is 23.5 Å². The van der Waals surface area contributed by atoms with Gasteiger partial charge in [0.05, 0.1) is 30.7 Å². The number of rotatable bonds is 5. The average molecular weight is 467 g/mol. The first-order valence-corrected chi connectivity index (χ1v) is 12.0. The fourth-order valence-electron chi connectivity index (χ4n) is 4.11. The Morgan fingerprint density at radius 2 is 2.00 bits per heavy atom. The lowest BCUT2D eigenvalue weighted by molar-refractivity contribution is 0.0930. The number of fused-ring (bicyclic) bond motifs is 1. The van der Waals surface area contributed by atoms with Crippen LogP contribution in [0.3, 0.4) is 0 Å². The zero-order valence-electron chi connectivity index (χ0n) is 18.6. The molecule has 5 rings (SSSR count). The molecule has 0 atom stereocenters. The number of nitrogens with zero attached hydrogens (tertiary/aromatic N) is 5. The molecular formula is C23H26N6O3S. The summed E-state index contributed by atoms with van der Waals surface area (Å²) < 4.78 is 7.09. The minimum Gasteiger partial charge on any atom is -0.507 e. The lowest BCUT2D eigenvalue weighted by atomic mass is 10.1. The molecule has 2 aromatic heterocycles. The molecule has 1 fully saturated rings. The third-order valence-corrected chi connectivity index (χ3v) is 6.80. The van der Waals surface area contributed by atoms with Gasteiger partial charge in [0, 0.05) is 35.3 Å². The van der Waals surface area contributed by atoms with E-state index in [2.05, 4.69) is 25.4 Å². The second kappa shape index (κ2) is 9.03. The van der Waals surface area contributed by atoms with Crippen molar-refractivity contribution in [3.63, 3.8) is 0 Å². The minimum absolute atomic E-state index is 0.0571. The number of pyridine rings is 1. The second-order valence-corrected chi connectivity index (χ2v) is 9.46. The summed E-state index contributed by atoms with van der Waals surface area (Å²) in [5.74, 6) is 2.20. The van der Waals surface area contributed by atoms with Crippen LogP contribution in [0.4, 0.5) is 5.82 Å². The van der Waals surface area contributed by atoms with E-state index in [1.54, 1.807) is 22.5 Å². The first-order valence-electron chi connectivity index (χ1n) is 11.1. The molecule has 0 radical (unpaired) electrons. The van der Waals surface area contributed by atoms with E-state index in [4.69, 9.17) is 4.74 Å². The molecule has 3 aromatic rings. The number of ether oxygens (including phenoxy) is 1. The van der Waals surface area contributed by atoms with Crippen molar-refractivity contribution < 1.29 is 14.6 Å². The standard InChI is InChI=1S/C23H26N6O3S/c1-14(2)25-23(31)22-27-26-21(17-4-5-18-16(20(17)30)7-12-33-18)29(22)15-3-6-19(24-13-15)28-8-10-32-11-9-28/h3-6,13-14,30H,7-12H2,1-2H3,(H,25,31). The largest absolute Gasteiger partial charge is 0.507 e. The highest BCUT2D eigenvalue weighted by molar-refractivity contribution is 7.99. The summed E-state index contributed by atoms with van der Waals surface area (Å²) in [4.78, 5) is 20.8. The van der Waals surface area contributed by atoms with Crippen LogP contribution in [0.5, 0.6) is 5.75 Å². The fraction of sp³-hybridized carbons (Fsp3) is 0.391. The number of aromatic hydroxyl groups is 1. The molecule has 0 saturated carbocycles. The Labute approximate surface area is 196 Å². The topological polar surface area (TPSA) is 105 Å². The maximum absolute atomic E-state index is 12.9. The van der Waals surface area contributed by atoms with Crippen molar-refractivity contribution in [3.8, 4) is 22.8 Å². The number of aromatic nitrogens is 4. The van der Waals surface area contributed by atoms with Gasteiger partial charge in [-0.05, 0) is 44.5 Å². The van der Waals surface area contributed by atoms with Gasteiger partial charge in [0.15, 0.2) is 5.82 Å². The van der Waals surface area contributed by atoms with Gasteiger partial charge in [-0.15, -0.1) is 22.0 Å². The summed E-state index contributed by atoms with van der Waals surface area (Å²) in [6.45, 7) is 6.70. The number of hydrogen-bond acceptors (Lipinski definition) is 8. The van der Waals surface area contributed by atoms with Gasteiger partial charge in [0.1, 0.15) is 11.6 Å². The van der Waals surface area contributed by atoms with Crippen LogP contribution < -0.4 is 10.2 Å². The average Bonchev–Trinajstić information content (AvgIpc) is 3.47. The van der Waals surface area contributed by atoms with Crippen molar-refractivity contribution in [1.29, 1.82) is 0 Å². The van der Waals surface area contributed by atoms with Crippen LogP contribution in [0.1, 0.15) is 30.0 Å². The molecule has 2 aliphatic heterocycles. The van der Waals surface area contributed by atoms with Gasteiger partial charge in [-0.2, -0.15) is 0 Å². The molecule has 4 heterocycles. The number of nitrogens with one attached hydrogen (secondary N) is 1. The van der Waals surface area contributed by atoms with Gasteiger partial charge < -0.3 is 20.1 Å².